The van der Waals surface area contributed by atoms with Crippen molar-refractivity contribution in [1.82, 2.24) is 19.8 Å². The lowest BCUT2D eigenvalue weighted by Crippen LogP contribution is -2.63. The van der Waals surface area contributed by atoms with Crippen molar-refractivity contribution in [3.63, 3.8) is 0 Å². The van der Waals surface area contributed by atoms with Crippen LogP contribution in [0.2, 0.25) is 0 Å². The number of fused-ring (bicyclic) bond motifs is 6. The Kier molecular flexibility index (Phi) is 7.34. The topological polar surface area (TPSA) is 98.7 Å². The van der Waals surface area contributed by atoms with Crippen LogP contribution in [0.25, 0.3) is 10.9 Å². The summed E-state index contributed by atoms with van der Waals surface area (Å²) < 4.78 is 48.6. The van der Waals surface area contributed by atoms with E-state index in [0.717, 1.165) is 45.2 Å². The minimum absolute atomic E-state index is 0.0763. The summed E-state index contributed by atoms with van der Waals surface area (Å²) in [7, 11) is -0.951. The minimum Gasteiger partial charge on any atom is -0.491 e. The zero-order chi connectivity index (χ0) is 34.9. The Labute approximate surface area is 289 Å². The Bertz CT molecular complexity index is 1680. The first-order valence-corrected chi connectivity index (χ1v) is 18.1. The lowest BCUT2D eigenvalue weighted by Gasteiger charge is -2.46. The maximum absolute atomic E-state index is 17.0. The largest absolute Gasteiger partial charge is 0.498 e. The lowest BCUT2D eigenvalue weighted by atomic mass is 9.78. The molecular formula is C36H51BFN5O6. The molecule has 11 nitrogen and oxygen atoms in total. The fourth-order valence-electron chi connectivity index (χ4n) is 9.33. The monoisotopic (exact) mass is 679 g/mol. The Morgan fingerprint density at radius 1 is 1.08 bits per heavy atom. The van der Waals surface area contributed by atoms with Crippen molar-refractivity contribution in [3.8, 4) is 11.8 Å². The Balaban J connectivity index is 1.21. The highest BCUT2D eigenvalue weighted by atomic mass is 19.1. The van der Waals surface area contributed by atoms with Crippen molar-refractivity contribution in [2.24, 2.45) is 5.41 Å². The fraction of sp³-hybridized carbons (Fsp3) is 0.750. The number of aromatic nitrogens is 2. The van der Waals surface area contributed by atoms with Crippen LogP contribution in [-0.4, -0.2) is 106 Å². The zero-order valence-electron chi connectivity index (χ0n) is 30.5. The van der Waals surface area contributed by atoms with Crippen molar-refractivity contribution >= 4 is 35.4 Å². The summed E-state index contributed by atoms with van der Waals surface area (Å²) in [5, 5.41) is 0.500. The molecule has 8 rings (SSSR count). The molecular weight excluding hydrogens is 628 g/mol. The van der Waals surface area contributed by atoms with Gasteiger partial charge in [0.15, 0.2) is 0 Å². The average molecular weight is 680 g/mol. The summed E-state index contributed by atoms with van der Waals surface area (Å²) in [5.74, 6) is 0.505. The molecule has 2 bridgehead atoms. The van der Waals surface area contributed by atoms with E-state index in [2.05, 4.69) is 23.6 Å². The first-order valence-electron chi connectivity index (χ1n) is 18.1. The van der Waals surface area contributed by atoms with Gasteiger partial charge in [0.25, 0.3) is 0 Å². The Morgan fingerprint density at radius 2 is 1.82 bits per heavy atom. The molecule has 1 amide bonds. The molecule has 6 aliphatic rings. The molecule has 0 aliphatic carbocycles. The second-order valence-corrected chi connectivity index (χ2v) is 18.0. The first-order chi connectivity index (χ1) is 22.9. The van der Waals surface area contributed by atoms with Gasteiger partial charge in [0.2, 0.25) is 0 Å². The van der Waals surface area contributed by atoms with Crippen molar-refractivity contribution in [1.29, 1.82) is 0 Å². The van der Waals surface area contributed by atoms with E-state index < -0.39 is 29.7 Å². The number of hydrogen-bond acceptors (Lipinski definition) is 10. The van der Waals surface area contributed by atoms with E-state index in [9.17, 15) is 4.79 Å². The van der Waals surface area contributed by atoms with E-state index >= 15 is 4.39 Å². The third kappa shape index (κ3) is 5.35. The van der Waals surface area contributed by atoms with Gasteiger partial charge in [-0.3, -0.25) is 9.80 Å². The van der Waals surface area contributed by atoms with Gasteiger partial charge in [0.1, 0.15) is 41.7 Å². The highest BCUT2D eigenvalue weighted by Gasteiger charge is 2.55. The van der Waals surface area contributed by atoms with Gasteiger partial charge in [-0.05, 0) is 98.6 Å². The molecule has 5 saturated heterocycles. The molecule has 0 radical (unpaired) electrons. The number of carbonyl (C=O) groups excluding carboxylic acids is 1. The van der Waals surface area contributed by atoms with E-state index in [1.807, 2.05) is 53.4 Å². The van der Waals surface area contributed by atoms with Crippen molar-refractivity contribution in [2.75, 3.05) is 37.7 Å². The Morgan fingerprint density at radius 3 is 2.53 bits per heavy atom. The quantitative estimate of drug-likeness (QED) is 0.408. The van der Waals surface area contributed by atoms with Crippen molar-refractivity contribution < 1.29 is 32.7 Å². The van der Waals surface area contributed by atoms with Crippen LogP contribution in [0.4, 0.5) is 15.0 Å². The minimum atomic E-state index is -0.951. The lowest BCUT2D eigenvalue weighted by molar-refractivity contribution is 0.00544. The molecule has 1 aromatic heterocycles. The number of ether oxygens (including phenoxy) is 3. The molecule has 0 saturated carbocycles. The zero-order valence-corrected chi connectivity index (χ0v) is 30.5. The molecule has 13 heteroatoms. The predicted octanol–water partition coefficient (Wildman–Crippen LogP) is 5.06. The smallest absolute Gasteiger partial charge is 0.491 e. The van der Waals surface area contributed by atoms with Gasteiger partial charge in [0.05, 0.1) is 40.3 Å². The summed E-state index contributed by atoms with van der Waals surface area (Å²) in [6, 6.07) is 1.37. The molecule has 49 heavy (non-hydrogen) atoms. The van der Waals surface area contributed by atoms with Gasteiger partial charge >= 0.3 is 19.2 Å². The summed E-state index contributed by atoms with van der Waals surface area (Å²) >= 11 is 0. The van der Waals surface area contributed by atoms with Crippen LogP contribution in [0.15, 0.2) is 6.07 Å². The number of benzene rings is 1. The van der Waals surface area contributed by atoms with E-state index in [4.69, 9.17) is 33.5 Å². The van der Waals surface area contributed by atoms with Gasteiger partial charge in [-0.15, -0.1) is 0 Å². The van der Waals surface area contributed by atoms with Gasteiger partial charge in [0, 0.05) is 18.6 Å². The van der Waals surface area contributed by atoms with Crippen LogP contribution in [0.5, 0.6) is 11.8 Å². The van der Waals surface area contributed by atoms with Gasteiger partial charge in [-0.1, -0.05) is 13.8 Å². The van der Waals surface area contributed by atoms with E-state index in [1.54, 1.807) is 6.07 Å². The number of rotatable bonds is 4. The third-order valence-electron chi connectivity index (χ3n) is 12.1. The van der Waals surface area contributed by atoms with Crippen LogP contribution in [0.3, 0.4) is 0 Å². The fourth-order valence-corrected chi connectivity index (χ4v) is 9.33. The van der Waals surface area contributed by atoms with Gasteiger partial charge in [-0.25, -0.2) is 9.18 Å². The van der Waals surface area contributed by atoms with E-state index in [-0.39, 0.29) is 58.8 Å². The standard InChI is InChI=1S/C36H51BFN5O6/c1-32(2,3)47-31(44)43-21-11-12-23(43)24-17-45-25-15-22(37-48-34(6,7)35(8,9)49-37)27(38)28-26(25)29(42(24)16-21)40-30(39-28)46-20-36-13-10-14-41(36)19-33(4,5)18-36/h15,21,23-24H,10-14,16-20H2,1-9H3/t21-,23+,24-,36+/m1/s1. The molecule has 0 unspecified atom stereocenters. The van der Waals surface area contributed by atoms with E-state index in [1.165, 1.54) is 0 Å². The summed E-state index contributed by atoms with van der Waals surface area (Å²) in [4.78, 5) is 30.0. The molecule has 4 atom stereocenters. The summed E-state index contributed by atoms with van der Waals surface area (Å²) in [6.45, 7) is 21.4. The molecule has 0 N–H and O–H groups in total. The number of halogens is 1. The first kappa shape index (κ1) is 33.3. The number of nitrogens with zero attached hydrogens (tertiary/aromatic N) is 5. The number of amides is 1. The maximum atomic E-state index is 17.0. The summed E-state index contributed by atoms with van der Waals surface area (Å²) in [6.07, 6.45) is 4.54. The maximum Gasteiger partial charge on any atom is 0.498 e. The molecule has 266 valence electrons. The average Bonchev–Trinajstić information content (AvgIpc) is 3.62. The molecule has 0 spiro atoms. The second kappa shape index (κ2) is 10.8. The molecule has 5 fully saturated rings. The normalized spacial score (nSPS) is 31.1. The molecule has 6 aliphatic heterocycles. The summed E-state index contributed by atoms with van der Waals surface area (Å²) in [5.41, 5.74) is -1.48. The van der Waals surface area contributed by atoms with Crippen LogP contribution in [0.1, 0.15) is 94.4 Å². The van der Waals surface area contributed by atoms with Gasteiger partial charge in [-0.2, -0.15) is 9.97 Å². The highest BCUT2D eigenvalue weighted by Crippen LogP contribution is 2.48. The van der Waals surface area contributed by atoms with E-state index in [0.29, 0.717) is 30.1 Å². The van der Waals surface area contributed by atoms with Crippen LogP contribution in [-0.2, 0) is 14.0 Å². The number of carbonyl (C=O) groups is 1. The SMILES string of the molecule is CC1(C)CN2CCC[C@@]2(COc2nc3c4c(cc(B5OC(C)(C)C(C)(C)O5)c(F)c4n2)OC[C@@H]2[C@@H]4CC[C@H](CN32)N4C(=O)OC(C)(C)C)C1. The predicted molar refractivity (Wildman–Crippen MR) is 184 cm³/mol. The van der Waals surface area contributed by atoms with Crippen molar-refractivity contribution in [3.05, 3.63) is 11.9 Å². The molecule has 1 aromatic carbocycles. The number of anilines is 1. The van der Waals surface area contributed by atoms with Crippen LogP contribution in [0, 0.1) is 11.2 Å². The number of piperazine rings is 1. The molecule has 7 heterocycles. The second-order valence-electron chi connectivity index (χ2n) is 18.0. The van der Waals surface area contributed by atoms with Crippen molar-refractivity contribution in [2.45, 2.75) is 135 Å². The van der Waals surface area contributed by atoms with Crippen LogP contribution >= 0.6 is 0 Å². The molecule has 2 aromatic rings. The third-order valence-corrected chi connectivity index (χ3v) is 12.1. The highest BCUT2D eigenvalue weighted by molar-refractivity contribution is 6.62. The van der Waals surface area contributed by atoms with Crippen LogP contribution < -0.4 is 19.8 Å². The number of hydrogen-bond donors (Lipinski definition) is 0. The van der Waals surface area contributed by atoms with Gasteiger partial charge < -0.3 is 28.4 Å². The Hall–Kier alpha value is -2.90.